The van der Waals surface area contributed by atoms with E-state index in [1.807, 2.05) is 13.8 Å². The predicted molar refractivity (Wildman–Crippen MR) is 122 cm³/mol. The van der Waals surface area contributed by atoms with Gasteiger partial charge in [-0.15, -0.1) is 4.40 Å². The van der Waals surface area contributed by atoms with E-state index in [0.717, 1.165) is 6.07 Å². The first kappa shape index (κ1) is 23.5. The number of anilines is 1. The lowest BCUT2D eigenvalue weighted by Crippen LogP contribution is -2.40. The lowest BCUT2D eigenvalue weighted by molar-refractivity contribution is 0.0730. The second-order valence-corrected chi connectivity index (χ2v) is 10.8. The topological polar surface area (TPSA) is 124 Å². The van der Waals surface area contributed by atoms with Crippen LogP contribution in [0.4, 0.5) is 5.69 Å². The van der Waals surface area contributed by atoms with Crippen molar-refractivity contribution in [3.63, 3.8) is 0 Å². The Morgan fingerprint density at radius 3 is 2.42 bits per heavy atom. The third-order valence-electron chi connectivity index (χ3n) is 5.12. The van der Waals surface area contributed by atoms with Gasteiger partial charge in [0, 0.05) is 18.7 Å². The van der Waals surface area contributed by atoms with E-state index in [2.05, 4.69) is 9.71 Å². The highest BCUT2D eigenvalue weighted by Crippen LogP contribution is 2.34. The second-order valence-electron chi connectivity index (χ2n) is 7.24. The molecule has 0 atom stereocenters. The van der Waals surface area contributed by atoms with Crippen molar-refractivity contribution in [3.05, 3.63) is 42.0 Å². The summed E-state index contributed by atoms with van der Waals surface area (Å²) >= 11 is 0. The SMILES string of the molecule is CCOc1ccc(C2=NS(=O)(=O)c3cc(S(=O)(=O)N4CCOCC4)ccc3N2)cc1OCC. The van der Waals surface area contributed by atoms with Gasteiger partial charge in [-0.3, -0.25) is 0 Å². The molecule has 0 aromatic heterocycles. The predicted octanol–water partition coefficient (Wildman–Crippen LogP) is 2.07. The van der Waals surface area contributed by atoms with E-state index in [1.54, 1.807) is 18.2 Å². The molecule has 2 aromatic carbocycles. The van der Waals surface area contributed by atoms with E-state index >= 15 is 0 Å². The number of hydrogen-bond acceptors (Lipinski definition) is 8. The molecule has 2 aliphatic heterocycles. The fraction of sp³-hybridized carbons (Fsp3) is 0.381. The number of sulfonamides is 2. The molecule has 1 saturated heterocycles. The van der Waals surface area contributed by atoms with Crippen LogP contribution in [0.15, 0.2) is 50.6 Å². The van der Waals surface area contributed by atoms with Crippen LogP contribution in [-0.2, 0) is 24.8 Å². The van der Waals surface area contributed by atoms with Crippen LogP contribution < -0.4 is 14.8 Å². The van der Waals surface area contributed by atoms with Crippen LogP contribution in [-0.4, -0.2) is 66.5 Å². The third kappa shape index (κ3) is 4.69. The molecule has 2 heterocycles. The summed E-state index contributed by atoms with van der Waals surface area (Å²) in [7, 11) is -8.00. The zero-order valence-electron chi connectivity index (χ0n) is 18.3. The van der Waals surface area contributed by atoms with E-state index < -0.39 is 20.0 Å². The summed E-state index contributed by atoms with van der Waals surface area (Å²) in [6.07, 6.45) is 0. The van der Waals surface area contributed by atoms with Crippen molar-refractivity contribution >= 4 is 31.6 Å². The van der Waals surface area contributed by atoms with Gasteiger partial charge in [0.15, 0.2) is 17.3 Å². The summed E-state index contributed by atoms with van der Waals surface area (Å²) in [5, 5.41) is 2.99. The first-order chi connectivity index (χ1) is 15.8. The molecule has 0 spiro atoms. The van der Waals surface area contributed by atoms with Gasteiger partial charge in [-0.2, -0.15) is 12.7 Å². The highest BCUT2D eigenvalue weighted by atomic mass is 32.2. The van der Waals surface area contributed by atoms with Gasteiger partial charge >= 0.3 is 0 Å². The van der Waals surface area contributed by atoms with E-state index in [9.17, 15) is 16.8 Å². The van der Waals surface area contributed by atoms with Crippen LogP contribution in [0.3, 0.4) is 0 Å². The van der Waals surface area contributed by atoms with Gasteiger partial charge in [-0.25, -0.2) is 8.42 Å². The van der Waals surface area contributed by atoms with E-state index in [1.165, 1.54) is 16.4 Å². The molecule has 1 fully saturated rings. The molecular formula is C21H25N3O7S2. The molecule has 0 unspecified atom stereocenters. The van der Waals surface area contributed by atoms with Gasteiger partial charge in [-0.05, 0) is 50.2 Å². The Bertz CT molecular complexity index is 1280. The molecule has 4 rings (SSSR count). The second kappa shape index (κ2) is 9.29. The molecule has 0 amide bonds. The molecule has 10 nitrogen and oxygen atoms in total. The summed E-state index contributed by atoms with van der Waals surface area (Å²) in [6, 6.07) is 8.99. The van der Waals surface area contributed by atoms with Gasteiger partial charge < -0.3 is 19.5 Å². The van der Waals surface area contributed by atoms with Gasteiger partial charge in [0.1, 0.15) is 4.90 Å². The van der Waals surface area contributed by atoms with Crippen molar-refractivity contribution in [1.29, 1.82) is 0 Å². The van der Waals surface area contributed by atoms with E-state index in [-0.39, 0.29) is 34.4 Å². The maximum absolute atomic E-state index is 13.0. The molecule has 2 aromatic rings. The number of nitrogens with zero attached hydrogens (tertiary/aromatic N) is 2. The Kier molecular flexibility index (Phi) is 6.61. The fourth-order valence-electron chi connectivity index (χ4n) is 3.56. The van der Waals surface area contributed by atoms with E-state index in [4.69, 9.17) is 14.2 Å². The number of nitrogens with one attached hydrogen (secondary N) is 1. The van der Waals surface area contributed by atoms with Crippen LogP contribution in [0, 0.1) is 0 Å². The van der Waals surface area contributed by atoms with Crippen molar-refractivity contribution in [1.82, 2.24) is 4.31 Å². The van der Waals surface area contributed by atoms with Crippen LogP contribution in [0.2, 0.25) is 0 Å². The van der Waals surface area contributed by atoms with Crippen LogP contribution in [0.25, 0.3) is 0 Å². The van der Waals surface area contributed by atoms with E-state index in [0.29, 0.717) is 43.5 Å². The fourth-order valence-corrected chi connectivity index (χ4v) is 6.23. The maximum atomic E-state index is 13.0. The molecule has 178 valence electrons. The van der Waals surface area contributed by atoms with Gasteiger partial charge in [0.05, 0.1) is 37.0 Å². The van der Waals surface area contributed by atoms with Crippen molar-refractivity contribution in [2.24, 2.45) is 4.40 Å². The molecule has 0 aliphatic carbocycles. The molecule has 33 heavy (non-hydrogen) atoms. The van der Waals surface area contributed by atoms with Gasteiger partial charge in [0.25, 0.3) is 10.0 Å². The Morgan fingerprint density at radius 2 is 1.73 bits per heavy atom. The zero-order chi connectivity index (χ0) is 23.6. The average Bonchev–Trinajstić information content (AvgIpc) is 2.80. The van der Waals surface area contributed by atoms with Crippen molar-refractivity contribution < 1.29 is 31.0 Å². The molecule has 0 radical (unpaired) electrons. The monoisotopic (exact) mass is 495 g/mol. The number of benzene rings is 2. The molecule has 0 saturated carbocycles. The summed E-state index contributed by atoms with van der Waals surface area (Å²) in [6.45, 7) is 5.57. The summed E-state index contributed by atoms with van der Waals surface area (Å²) < 4.78 is 73.4. The minimum Gasteiger partial charge on any atom is -0.490 e. The average molecular weight is 496 g/mol. The minimum absolute atomic E-state index is 0.105. The molecule has 1 N–H and O–H groups in total. The number of amidine groups is 1. The quantitative estimate of drug-likeness (QED) is 0.619. The standard InChI is InChI=1S/C21H25N3O7S2/c1-3-30-18-8-5-15(13-19(18)31-4-2)21-22-17-7-6-16(14-20(17)32(25,26)23-21)33(27,28)24-9-11-29-12-10-24/h5-8,13-14H,3-4,9-12H2,1-2H3,(H,22,23). The summed E-state index contributed by atoms with van der Waals surface area (Å²) in [5.74, 6) is 1.12. The molecular weight excluding hydrogens is 470 g/mol. The number of fused-ring (bicyclic) bond motifs is 1. The van der Waals surface area contributed by atoms with Crippen molar-refractivity contribution in [2.45, 2.75) is 23.6 Å². The molecule has 12 heteroatoms. The first-order valence-corrected chi connectivity index (χ1v) is 13.4. The highest BCUT2D eigenvalue weighted by Gasteiger charge is 2.31. The third-order valence-corrected chi connectivity index (χ3v) is 8.33. The number of ether oxygens (including phenoxy) is 3. The lowest BCUT2D eigenvalue weighted by atomic mass is 10.1. The van der Waals surface area contributed by atoms with Crippen molar-refractivity contribution in [3.8, 4) is 11.5 Å². The first-order valence-electron chi connectivity index (χ1n) is 10.5. The Labute approximate surface area is 193 Å². The van der Waals surface area contributed by atoms with Gasteiger partial charge in [0.2, 0.25) is 10.0 Å². The minimum atomic E-state index is -4.15. The normalized spacial score (nSPS) is 18.1. The summed E-state index contributed by atoms with van der Waals surface area (Å²) in [4.78, 5) is -0.302. The highest BCUT2D eigenvalue weighted by molar-refractivity contribution is 7.91. The van der Waals surface area contributed by atoms with Gasteiger partial charge in [-0.1, -0.05) is 0 Å². The summed E-state index contributed by atoms with van der Waals surface area (Å²) in [5.41, 5.74) is 0.730. The lowest BCUT2D eigenvalue weighted by Gasteiger charge is -2.26. The number of hydrogen-bond donors (Lipinski definition) is 1. The number of rotatable bonds is 7. The van der Waals surface area contributed by atoms with Crippen molar-refractivity contribution in [2.75, 3.05) is 44.8 Å². The van der Waals surface area contributed by atoms with Crippen LogP contribution in [0.5, 0.6) is 11.5 Å². The van der Waals surface area contributed by atoms with Crippen LogP contribution in [0.1, 0.15) is 19.4 Å². The molecule has 0 bridgehead atoms. The zero-order valence-corrected chi connectivity index (χ0v) is 19.9. The Hall–Kier alpha value is -2.67. The Balaban J connectivity index is 1.69. The number of morpholine rings is 1. The maximum Gasteiger partial charge on any atom is 0.286 e. The smallest absolute Gasteiger partial charge is 0.286 e. The van der Waals surface area contributed by atoms with Crippen LogP contribution >= 0.6 is 0 Å². The largest absolute Gasteiger partial charge is 0.490 e. The Morgan fingerprint density at radius 1 is 1.03 bits per heavy atom. The molecule has 2 aliphatic rings.